The lowest BCUT2D eigenvalue weighted by Crippen LogP contribution is -2.60. The number of aliphatic hydroxyl groups is 2. The molecule has 3 N–H and O–H groups in total. The quantitative estimate of drug-likeness (QED) is 0.452. The summed E-state index contributed by atoms with van der Waals surface area (Å²) >= 11 is 0. The fourth-order valence-corrected chi connectivity index (χ4v) is 11.2. The minimum absolute atomic E-state index is 0.112. The van der Waals surface area contributed by atoms with Crippen LogP contribution < -0.4 is 0 Å². The van der Waals surface area contributed by atoms with Crippen LogP contribution in [0.1, 0.15) is 112 Å². The van der Waals surface area contributed by atoms with Crippen molar-refractivity contribution in [1.82, 2.24) is 0 Å². The predicted molar refractivity (Wildman–Crippen MR) is 135 cm³/mol. The van der Waals surface area contributed by atoms with Gasteiger partial charge < -0.3 is 15.3 Å². The Bertz CT molecular complexity index is 918. The van der Waals surface area contributed by atoms with Gasteiger partial charge in [-0.3, -0.25) is 9.59 Å². The lowest BCUT2D eigenvalue weighted by molar-refractivity contribution is -0.190. The number of hydrogen-bond donors (Lipinski definition) is 3. The Morgan fingerprint density at radius 1 is 1.00 bits per heavy atom. The predicted octanol–water partition coefficient (Wildman–Crippen LogP) is 5.61. The molecule has 0 bridgehead atoms. The monoisotopic (exact) mass is 488 g/mol. The van der Waals surface area contributed by atoms with Gasteiger partial charge in [-0.05, 0) is 118 Å². The first-order chi connectivity index (χ1) is 16.1. The topological polar surface area (TPSA) is 94.8 Å². The highest BCUT2D eigenvalue weighted by Gasteiger charge is 2.84. The summed E-state index contributed by atoms with van der Waals surface area (Å²) in [5.74, 6) is 1.07. The molecule has 5 aliphatic rings. The van der Waals surface area contributed by atoms with Crippen LogP contribution in [0.4, 0.5) is 0 Å². The average Bonchev–Trinajstić information content (AvgIpc) is 3.32. The van der Waals surface area contributed by atoms with Gasteiger partial charge in [0.05, 0.1) is 17.1 Å². The van der Waals surface area contributed by atoms with Gasteiger partial charge in [-0.25, -0.2) is 0 Å². The molecule has 5 heteroatoms. The number of rotatable bonds is 6. The van der Waals surface area contributed by atoms with Gasteiger partial charge in [0.15, 0.2) is 0 Å². The Morgan fingerprint density at radius 2 is 1.63 bits per heavy atom. The van der Waals surface area contributed by atoms with Gasteiger partial charge in [0, 0.05) is 11.8 Å². The Morgan fingerprint density at radius 3 is 2.26 bits per heavy atom. The van der Waals surface area contributed by atoms with Crippen LogP contribution in [0.25, 0.3) is 0 Å². The molecule has 0 saturated heterocycles. The van der Waals surface area contributed by atoms with Gasteiger partial charge in [-0.15, -0.1) is 0 Å². The van der Waals surface area contributed by atoms with E-state index in [1.165, 1.54) is 0 Å². The van der Waals surface area contributed by atoms with E-state index in [4.69, 9.17) is 0 Å². The maximum Gasteiger partial charge on any atom is 0.310 e. The molecule has 5 fully saturated rings. The number of fused-ring (bicyclic) bond motifs is 2. The van der Waals surface area contributed by atoms with Crippen LogP contribution in [0.2, 0.25) is 0 Å². The van der Waals surface area contributed by atoms with Crippen molar-refractivity contribution in [2.24, 2.45) is 50.7 Å². The third-order valence-electron chi connectivity index (χ3n) is 13.1. The second-order valence-corrected chi connectivity index (χ2v) is 14.9. The van der Waals surface area contributed by atoms with Gasteiger partial charge in [-0.2, -0.15) is 0 Å². The number of hydrogen-bond acceptors (Lipinski definition) is 4. The Labute approximate surface area is 211 Å². The van der Waals surface area contributed by atoms with E-state index in [-0.39, 0.29) is 27.6 Å². The first-order valence-corrected chi connectivity index (χ1v) is 14.3. The molecular weight excluding hydrogens is 440 g/mol. The molecule has 0 aromatic rings. The zero-order valence-electron chi connectivity index (χ0n) is 22.8. The van der Waals surface area contributed by atoms with Crippen molar-refractivity contribution in [3.63, 3.8) is 0 Å². The van der Waals surface area contributed by atoms with Crippen LogP contribution in [-0.4, -0.2) is 38.8 Å². The number of carboxylic acids is 1. The zero-order valence-corrected chi connectivity index (χ0v) is 22.8. The minimum Gasteiger partial charge on any atom is -0.481 e. The molecule has 9 unspecified atom stereocenters. The van der Waals surface area contributed by atoms with Gasteiger partial charge in [0.1, 0.15) is 5.78 Å². The van der Waals surface area contributed by atoms with E-state index < -0.39 is 23.1 Å². The van der Waals surface area contributed by atoms with Crippen LogP contribution in [0, 0.1) is 50.7 Å². The molecule has 35 heavy (non-hydrogen) atoms. The number of Topliss-reactive ketones (excluding diaryl/α,β-unsaturated/α-hetero) is 1. The van der Waals surface area contributed by atoms with Crippen molar-refractivity contribution < 1.29 is 24.9 Å². The van der Waals surface area contributed by atoms with E-state index in [0.717, 1.165) is 57.8 Å². The highest BCUT2D eigenvalue weighted by atomic mass is 16.4. The molecule has 0 aromatic heterocycles. The van der Waals surface area contributed by atoms with E-state index >= 15 is 0 Å². The lowest BCUT2D eigenvalue weighted by Gasteiger charge is -2.61. The largest absolute Gasteiger partial charge is 0.481 e. The zero-order chi connectivity index (χ0) is 25.8. The highest BCUT2D eigenvalue weighted by molar-refractivity contribution is 5.86. The van der Waals surface area contributed by atoms with Crippen molar-refractivity contribution in [3.05, 3.63) is 0 Å². The highest BCUT2D eigenvalue weighted by Crippen LogP contribution is 2.88. The fourth-order valence-electron chi connectivity index (χ4n) is 11.2. The molecule has 0 amide bonds. The van der Waals surface area contributed by atoms with Crippen LogP contribution in [0.15, 0.2) is 0 Å². The standard InChI is InChI=1S/C30H48O5/c1-18(7-10-23(32)26(4,5)35)19-11-14-30(24(33)34)21-9-8-20-25(2,3)22(31)12-13-28(20)17-29(21,28)16-15-27(19,30)6/h18-21,23,32,35H,7-17H2,1-6H3,(H,33,34). The molecular formula is C30H48O5. The fraction of sp³-hybridized carbons (Fsp3) is 0.933. The smallest absolute Gasteiger partial charge is 0.310 e. The van der Waals surface area contributed by atoms with Crippen LogP contribution in [-0.2, 0) is 9.59 Å². The molecule has 0 aliphatic heterocycles. The maximum absolute atomic E-state index is 13.4. The van der Waals surface area contributed by atoms with Gasteiger partial charge in [0.2, 0.25) is 0 Å². The molecule has 9 atom stereocenters. The third-order valence-corrected chi connectivity index (χ3v) is 13.1. The third kappa shape index (κ3) is 3.06. The molecule has 5 saturated carbocycles. The second-order valence-electron chi connectivity index (χ2n) is 14.9. The van der Waals surface area contributed by atoms with Crippen molar-refractivity contribution in [2.75, 3.05) is 0 Å². The van der Waals surface area contributed by atoms with Crippen LogP contribution >= 0.6 is 0 Å². The first kappa shape index (κ1) is 25.7. The molecule has 5 rings (SSSR count). The molecule has 0 aromatic carbocycles. The number of aliphatic carboxylic acids is 1. The Balaban J connectivity index is 1.44. The summed E-state index contributed by atoms with van der Waals surface area (Å²) in [7, 11) is 0. The van der Waals surface area contributed by atoms with Crippen molar-refractivity contribution in [3.8, 4) is 0 Å². The Kier molecular flexibility index (Phi) is 5.55. The van der Waals surface area contributed by atoms with E-state index in [2.05, 4.69) is 27.7 Å². The number of carboxylic acid groups (broad SMARTS) is 1. The molecule has 5 nitrogen and oxygen atoms in total. The SMILES string of the molecule is CC(CCC(O)C(C)(C)O)C1CCC2(C(=O)O)C3CCC4C(C)(C)C(=O)CCC45CC35CCC12C. The number of carbonyl (C=O) groups is 2. The average molecular weight is 489 g/mol. The summed E-state index contributed by atoms with van der Waals surface area (Å²) in [6.45, 7) is 12.1. The van der Waals surface area contributed by atoms with Gasteiger partial charge in [-0.1, -0.05) is 27.7 Å². The van der Waals surface area contributed by atoms with E-state index in [9.17, 15) is 24.9 Å². The summed E-state index contributed by atoms with van der Waals surface area (Å²) in [5.41, 5.74) is -2.03. The summed E-state index contributed by atoms with van der Waals surface area (Å²) in [4.78, 5) is 26.2. The van der Waals surface area contributed by atoms with Gasteiger partial charge >= 0.3 is 5.97 Å². The molecule has 2 spiro atoms. The van der Waals surface area contributed by atoms with Crippen molar-refractivity contribution >= 4 is 11.8 Å². The summed E-state index contributed by atoms with van der Waals surface area (Å²) in [6, 6.07) is 0. The van der Waals surface area contributed by atoms with Crippen LogP contribution in [0.5, 0.6) is 0 Å². The molecule has 5 aliphatic carbocycles. The maximum atomic E-state index is 13.4. The summed E-state index contributed by atoms with van der Waals surface area (Å²) < 4.78 is 0. The number of ketones is 1. The van der Waals surface area contributed by atoms with E-state index in [1.807, 2.05) is 0 Å². The first-order valence-electron chi connectivity index (χ1n) is 14.3. The van der Waals surface area contributed by atoms with Crippen LogP contribution in [0.3, 0.4) is 0 Å². The van der Waals surface area contributed by atoms with E-state index in [0.29, 0.717) is 36.4 Å². The second kappa shape index (κ2) is 7.56. The molecule has 0 heterocycles. The van der Waals surface area contributed by atoms with Gasteiger partial charge in [0.25, 0.3) is 0 Å². The number of carbonyl (C=O) groups excluding carboxylic acids is 1. The number of aliphatic hydroxyl groups excluding tert-OH is 1. The van der Waals surface area contributed by atoms with Crippen molar-refractivity contribution in [2.45, 2.75) is 124 Å². The Hall–Kier alpha value is -0.940. The summed E-state index contributed by atoms with van der Waals surface area (Å²) in [5, 5.41) is 31.6. The molecule has 198 valence electrons. The normalized spacial score (nSPS) is 47.7. The molecule has 0 radical (unpaired) electrons. The minimum atomic E-state index is -1.12. The van der Waals surface area contributed by atoms with Crippen molar-refractivity contribution in [1.29, 1.82) is 0 Å². The van der Waals surface area contributed by atoms with E-state index in [1.54, 1.807) is 13.8 Å². The summed E-state index contributed by atoms with van der Waals surface area (Å²) in [6.07, 6.45) is 9.06. The lowest BCUT2D eigenvalue weighted by atomic mass is 9.41.